The van der Waals surface area contributed by atoms with Crippen LogP contribution < -0.4 is 10.6 Å². The molecule has 1 aromatic carbocycles. The van der Waals surface area contributed by atoms with Crippen LogP contribution in [0.1, 0.15) is 82.8 Å². The van der Waals surface area contributed by atoms with Crippen molar-refractivity contribution in [2.45, 2.75) is 95.7 Å². The van der Waals surface area contributed by atoms with Gasteiger partial charge in [-0.1, -0.05) is 43.5 Å². The largest absolute Gasteiger partial charge is 0.481 e. The van der Waals surface area contributed by atoms with Crippen molar-refractivity contribution in [1.82, 2.24) is 10.6 Å². The first kappa shape index (κ1) is 24.9. The van der Waals surface area contributed by atoms with E-state index in [-0.39, 0.29) is 19.3 Å². The summed E-state index contributed by atoms with van der Waals surface area (Å²) in [5.74, 6) is -2.15. The number of carboxylic acid groups (broad SMARTS) is 2. The SMILES string of the molecule is CC(C)(C)N[C@@H](CCC(=O)O)C(=O)N[C@@H](Cc1ccccc1C1CCCCC1)C(=O)O. The Hall–Kier alpha value is -2.41. The molecule has 1 aromatic rings. The predicted octanol–water partition coefficient (Wildman–Crippen LogP) is 3.47. The van der Waals surface area contributed by atoms with Gasteiger partial charge < -0.3 is 20.8 Å². The summed E-state index contributed by atoms with van der Waals surface area (Å²) in [5, 5.41) is 24.6. The molecule has 1 amide bonds. The smallest absolute Gasteiger partial charge is 0.326 e. The lowest BCUT2D eigenvalue weighted by Crippen LogP contribution is -2.55. The number of carboxylic acids is 2. The van der Waals surface area contributed by atoms with Crippen LogP contribution in [0.2, 0.25) is 0 Å². The van der Waals surface area contributed by atoms with Crippen LogP contribution in [-0.4, -0.2) is 45.7 Å². The maximum absolute atomic E-state index is 12.9. The fraction of sp³-hybridized carbons (Fsp3) is 0.625. The highest BCUT2D eigenvalue weighted by molar-refractivity contribution is 5.87. The standard InChI is InChI=1S/C24H36N2O5/c1-24(2,3)26-19(13-14-21(27)28)22(29)25-20(23(30)31)15-17-11-7-8-12-18(17)16-9-5-4-6-10-16/h7-8,11-12,16,19-20,26H,4-6,9-10,13-15H2,1-3H3,(H,25,29)(H,27,28)(H,30,31)/t19-,20-/m0/s1. The van der Waals surface area contributed by atoms with Gasteiger partial charge in [0, 0.05) is 18.4 Å². The van der Waals surface area contributed by atoms with E-state index >= 15 is 0 Å². The monoisotopic (exact) mass is 432 g/mol. The van der Waals surface area contributed by atoms with Gasteiger partial charge in [-0.2, -0.15) is 0 Å². The second-order valence-electron chi connectivity index (χ2n) is 9.52. The average molecular weight is 433 g/mol. The maximum atomic E-state index is 12.9. The predicted molar refractivity (Wildman–Crippen MR) is 119 cm³/mol. The molecule has 0 aromatic heterocycles. The van der Waals surface area contributed by atoms with Crippen LogP contribution in [0.5, 0.6) is 0 Å². The van der Waals surface area contributed by atoms with E-state index in [1.807, 2.05) is 39.0 Å². The second kappa shape index (κ2) is 11.3. The zero-order chi connectivity index (χ0) is 23.0. The normalized spacial score (nSPS) is 17.0. The van der Waals surface area contributed by atoms with E-state index in [0.717, 1.165) is 18.4 Å². The number of hydrogen-bond donors (Lipinski definition) is 4. The van der Waals surface area contributed by atoms with Crippen LogP contribution in [0.15, 0.2) is 24.3 Å². The van der Waals surface area contributed by atoms with Gasteiger partial charge in [0.1, 0.15) is 6.04 Å². The Balaban J connectivity index is 2.15. The van der Waals surface area contributed by atoms with E-state index in [4.69, 9.17) is 5.11 Å². The number of hydrogen-bond acceptors (Lipinski definition) is 4. The quantitative estimate of drug-likeness (QED) is 0.450. The molecular formula is C24H36N2O5. The molecule has 7 nitrogen and oxygen atoms in total. The van der Waals surface area contributed by atoms with Gasteiger partial charge in [0.15, 0.2) is 0 Å². The van der Waals surface area contributed by atoms with Gasteiger partial charge in [-0.3, -0.25) is 9.59 Å². The molecule has 172 valence electrons. The average Bonchev–Trinajstić information content (AvgIpc) is 2.70. The van der Waals surface area contributed by atoms with Crippen molar-refractivity contribution in [3.63, 3.8) is 0 Å². The van der Waals surface area contributed by atoms with Crippen molar-refractivity contribution >= 4 is 17.8 Å². The summed E-state index contributed by atoms with van der Waals surface area (Å²) in [6.45, 7) is 5.63. The molecule has 2 atom stereocenters. The van der Waals surface area contributed by atoms with Crippen molar-refractivity contribution in [3.05, 3.63) is 35.4 Å². The van der Waals surface area contributed by atoms with E-state index in [9.17, 15) is 19.5 Å². The highest BCUT2D eigenvalue weighted by Crippen LogP contribution is 2.34. The molecule has 7 heteroatoms. The van der Waals surface area contributed by atoms with Gasteiger partial charge in [0.2, 0.25) is 5.91 Å². The molecule has 0 saturated heterocycles. The van der Waals surface area contributed by atoms with Crippen LogP contribution in [0.4, 0.5) is 0 Å². The molecule has 1 aliphatic carbocycles. The van der Waals surface area contributed by atoms with E-state index in [1.54, 1.807) is 0 Å². The number of aliphatic carboxylic acids is 2. The molecule has 0 bridgehead atoms. The molecule has 0 aliphatic heterocycles. The summed E-state index contributed by atoms with van der Waals surface area (Å²) in [5.41, 5.74) is 1.71. The first-order valence-electron chi connectivity index (χ1n) is 11.2. The number of amides is 1. The molecule has 1 fully saturated rings. The minimum atomic E-state index is -1.10. The highest BCUT2D eigenvalue weighted by Gasteiger charge is 2.29. The molecule has 1 aliphatic rings. The van der Waals surface area contributed by atoms with E-state index in [0.29, 0.717) is 5.92 Å². The number of rotatable bonds is 10. The topological polar surface area (TPSA) is 116 Å². The maximum Gasteiger partial charge on any atom is 0.326 e. The van der Waals surface area contributed by atoms with Gasteiger partial charge >= 0.3 is 11.9 Å². The lowest BCUT2D eigenvalue weighted by Gasteiger charge is -2.29. The zero-order valence-corrected chi connectivity index (χ0v) is 18.8. The van der Waals surface area contributed by atoms with Crippen molar-refractivity contribution in [1.29, 1.82) is 0 Å². The third-order valence-electron chi connectivity index (χ3n) is 5.71. The zero-order valence-electron chi connectivity index (χ0n) is 18.8. The van der Waals surface area contributed by atoms with Gasteiger partial charge in [0.05, 0.1) is 6.04 Å². The first-order chi connectivity index (χ1) is 14.6. The van der Waals surface area contributed by atoms with Gasteiger partial charge in [-0.15, -0.1) is 0 Å². The van der Waals surface area contributed by atoms with Crippen LogP contribution in [0, 0.1) is 0 Å². The van der Waals surface area contributed by atoms with E-state index in [1.165, 1.54) is 24.8 Å². The van der Waals surface area contributed by atoms with Gasteiger partial charge in [-0.05, 0) is 57.1 Å². The third kappa shape index (κ3) is 8.32. The highest BCUT2D eigenvalue weighted by atomic mass is 16.4. The Labute approximate surface area is 184 Å². The molecule has 0 heterocycles. The summed E-state index contributed by atoms with van der Waals surface area (Å²) in [7, 11) is 0. The Morgan fingerprint density at radius 1 is 1.03 bits per heavy atom. The minimum absolute atomic E-state index is 0.0867. The molecule has 0 radical (unpaired) electrons. The molecule has 1 saturated carbocycles. The minimum Gasteiger partial charge on any atom is -0.481 e. The van der Waals surface area contributed by atoms with E-state index < -0.39 is 35.5 Å². The summed E-state index contributed by atoms with van der Waals surface area (Å²) in [4.78, 5) is 35.9. The van der Waals surface area contributed by atoms with Crippen molar-refractivity contribution < 1.29 is 24.6 Å². The molecule has 2 rings (SSSR count). The van der Waals surface area contributed by atoms with E-state index in [2.05, 4.69) is 16.7 Å². The van der Waals surface area contributed by atoms with Crippen LogP contribution in [0.3, 0.4) is 0 Å². The van der Waals surface area contributed by atoms with Gasteiger partial charge in [0.25, 0.3) is 0 Å². The summed E-state index contributed by atoms with van der Waals surface area (Å²) in [6.07, 6.45) is 5.93. The summed E-state index contributed by atoms with van der Waals surface area (Å²) < 4.78 is 0. The van der Waals surface area contributed by atoms with Crippen molar-refractivity contribution in [2.24, 2.45) is 0 Å². The van der Waals surface area contributed by atoms with Crippen molar-refractivity contribution in [3.8, 4) is 0 Å². The second-order valence-corrected chi connectivity index (χ2v) is 9.52. The van der Waals surface area contributed by atoms with Gasteiger partial charge in [-0.25, -0.2) is 4.79 Å². The molecule has 31 heavy (non-hydrogen) atoms. The number of benzene rings is 1. The fourth-order valence-electron chi connectivity index (χ4n) is 4.28. The third-order valence-corrected chi connectivity index (χ3v) is 5.71. The fourth-order valence-corrected chi connectivity index (χ4v) is 4.28. The Morgan fingerprint density at radius 3 is 2.26 bits per heavy atom. The number of nitrogens with one attached hydrogen (secondary N) is 2. The van der Waals surface area contributed by atoms with Crippen LogP contribution in [0.25, 0.3) is 0 Å². The number of carbonyl (C=O) groups excluding carboxylic acids is 1. The summed E-state index contributed by atoms with van der Waals surface area (Å²) in [6, 6.07) is 6.04. The lowest BCUT2D eigenvalue weighted by molar-refractivity contribution is -0.142. The first-order valence-corrected chi connectivity index (χ1v) is 11.2. The molecular weight excluding hydrogens is 396 g/mol. The Kier molecular flexibility index (Phi) is 9.04. The molecule has 0 spiro atoms. The Bertz CT molecular complexity index is 765. The van der Waals surface area contributed by atoms with Crippen LogP contribution >= 0.6 is 0 Å². The van der Waals surface area contributed by atoms with Crippen molar-refractivity contribution in [2.75, 3.05) is 0 Å². The number of carbonyl (C=O) groups is 3. The molecule has 4 N–H and O–H groups in total. The van der Waals surface area contributed by atoms with Crippen LogP contribution in [-0.2, 0) is 20.8 Å². The Morgan fingerprint density at radius 2 is 1.68 bits per heavy atom. The molecule has 0 unspecified atom stereocenters. The summed E-state index contributed by atoms with van der Waals surface area (Å²) >= 11 is 0. The lowest BCUT2D eigenvalue weighted by atomic mass is 9.81.